The lowest BCUT2D eigenvalue weighted by atomic mass is 10.1. The number of phenolic OH excluding ortho intramolecular Hbond substituents is 1. The lowest BCUT2D eigenvalue weighted by Gasteiger charge is -2.18. The van der Waals surface area contributed by atoms with Crippen molar-refractivity contribution in [2.24, 2.45) is 30.7 Å². The lowest BCUT2D eigenvalue weighted by Crippen LogP contribution is -2.09. The average molecular weight is 508 g/mol. The summed E-state index contributed by atoms with van der Waals surface area (Å²) < 4.78 is 14.0. The van der Waals surface area contributed by atoms with Gasteiger partial charge in [0.25, 0.3) is 0 Å². The van der Waals surface area contributed by atoms with Crippen molar-refractivity contribution in [2.75, 3.05) is 19.0 Å². The first-order valence-electron chi connectivity index (χ1n) is 10.1. The van der Waals surface area contributed by atoms with Gasteiger partial charge in [-0.2, -0.15) is 19.6 Å². The molecule has 0 aliphatic heterocycles. The first-order valence-corrected chi connectivity index (χ1v) is 10.8. The molecule has 36 heavy (non-hydrogen) atoms. The fourth-order valence-electron chi connectivity index (χ4n) is 2.81. The third kappa shape index (κ3) is 5.07. The van der Waals surface area contributed by atoms with Gasteiger partial charge in [-0.05, 0) is 38.4 Å². The Bertz CT molecular complexity index is 1540. The zero-order valence-electron chi connectivity index (χ0n) is 19.6. The molecule has 17 heteroatoms. The highest BCUT2D eigenvalue weighted by atomic mass is 32.1. The minimum atomic E-state index is -0.366. The number of azo groups is 3. The van der Waals surface area contributed by atoms with Gasteiger partial charge in [0, 0.05) is 14.1 Å². The fraction of sp³-hybridized carbons (Fsp3) is 0.263. The largest absolute Gasteiger partial charge is 0.504 e. The van der Waals surface area contributed by atoms with E-state index in [1.807, 2.05) is 6.07 Å². The second-order valence-electron chi connectivity index (χ2n) is 7.26. The Morgan fingerprint density at radius 1 is 0.917 bits per heavy atom. The van der Waals surface area contributed by atoms with Crippen molar-refractivity contribution in [1.82, 2.24) is 24.7 Å². The molecule has 16 nitrogen and oxygen atoms in total. The van der Waals surface area contributed by atoms with E-state index in [-0.39, 0.29) is 45.4 Å². The summed E-state index contributed by atoms with van der Waals surface area (Å²) in [6.45, 7) is 4.95. The number of benzene rings is 1. The van der Waals surface area contributed by atoms with E-state index in [4.69, 9.17) is 9.05 Å². The van der Waals surface area contributed by atoms with Crippen molar-refractivity contribution >= 4 is 51.3 Å². The van der Waals surface area contributed by atoms with Crippen LogP contribution < -0.4 is 4.90 Å². The van der Waals surface area contributed by atoms with Crippen LogP contribution in [0.15, 0.2) is 45.8 Å². The summed E-state index contributed by atoms with van der Waals surface area (Å²) in [7, 11) is 3.42. The maximum Gasteiger partial charge on any atom is 0.366 e. The molecule has 0 aliphatic rings. The number of phenols is 1. The molecular weight excluding hydrogens is 490 g/mol. The van der Waals surface area contributed by atoms with Gasteiger partial charge >= 0.3 is 12.0 Å². The molecule has 4 aromatic rings. The molecule has 0 radical (unpaired) electrons. The monoisotopic (exact) mass is 507 g/mol. The predicted molar refractivity (Wildman–Crippen MR) is 125 cm³/mol. The minimum absolute atomic E-state index is 0.0241. The molecule has 1 aromatic carbocycles. The molecule has 182 valence electrons. The third-order valence-corrected chi connectivity index (χ3v) is 5.20. The van der Waals surface area contributed by atoms with E-state index in [9.17, 15) is 10.4 Å². The van der Waals surface area contributed by atoms with Gasteiger partial charge in [0.2, 0.25) is 0 Å². The average Bonchev–Trinajstić information content (AvgIpc) is 3.55. The van der Waals surface area contributed by atoms with Gasteiger partial charge in [0.05, 0.1) is 11.4 Å². The molecule has 0 amide bonds. The summed E-state index contributed by atoms with van der Waals surface area (Å²) in [5, 5.41) is 52.4. The van der Waals surface area contributed by atoms with Gasteiger partial charge in [-0.25, -0.2) is 0 Å². The number of aryl methyl sites for hydroxylation is 3. The molecule has 0 spiro atoms. The van der Waals surface area contributed by atoms with E-state index >= 15 is 0 Å². The fourth-order valence-corrected chi connectivity index (χ4v) is 3.48. The summed E-state index contributed by atoms with van der Waals surface area (Å²) in [5.74, 6) is 0.380. The van der Waals surface area contributed by atoms with Crippen LogP contribution in [0.4, 0.5) is 39.8 Å². The SMILES string of the molecule is Cc1noc(N=Nc2cc(N=Nc3snc(C)c3C#N)c(O)c(N=Nc3nc(C)no3)c2N(C)C)n1. The van der Waals surface area contributed by atoms with Gasteiger partial charge in [0.15, 0.2) is 28.1 Å². The van der Waals surface area contributed by atoms with Crippen LogP contribution in [-0.2, 0) is 0 Å². The van der Waals surface area contributed by atoms with E-state index in [1.165, 1.54) is 6.07 Å². The van der Waals surface area contributed by atoms with Crippen molar-refractivity contribution in [1.29, 1.82) is 5.26 Å². The standard InChI is InChI=1S/C19H17N13O3S/c1-8-11(7-20)17(36-31-8)26-24-13-6-12(23-27-18-21-9(2)29-34-18)15(32(4)5)14(16(13)33)25-28-19-22-10(3)30-35-19/h6,33H,1-5H3. The van der Waals surface area contributed by atoms with Crippen LogP contribution in [0.1, 0.15) is 22.9 Å². The molecule has 0 fully saturated rings. The van der Waals surface area contributed by atoms with Crippen molar-refractivity contribution in [3.05, 3.63) is 29.0 Å². The van der Waals surface area contributed by atoms with Crippen molar-refractivity contribution in [3.8, 4) is 11.8 Å². The predicted octanol–water partition coefficient (Wildman–Crippen LogP) is 5.72. The number of anilines is 1. The van der Waals surface area contributed by atoms with Crippen LogP contribution in [0, 0.1) is 32.1 Å². The van der Waals surface area contributed by atoms with Gasteiger partial charge < -0.3 is 19.1 Å². The van der Waals surface area contributed by atoms with Crippen molar-refractivity contribution < 1.29 is 14.2 Å². The maximum atomic E-state index is 11.0. The Labute approximate surface area is 206 Å². The number of aromatic nitrogens is 5. The molecule has 0 saturated carbocycles. The van der Waals surface area contributed by atoms with Crippen LogP contribution >= 0.6 is 11.5 Å². The lowest BCUT2D eigenvalue weighted by molar-refractivity contribution is 0.420. The topological polar surface area (TPSA) is 212 Å². The van der Waals surface area contributed by atoms with Crippen molar-refractivity contribution in [3.63, 3.8) is 0 Å². The molecule has 0 bridgehead atoms. The smallest absolute Gasteiger partial charge is 0.366 e. The zero-order valence-corrected chi connectivity index (χ0v) is 20.4. The quantitative estimate of drug-likeness (QED) is 0.300. The molecule has 0 atom stereocenters. The maximum absolute atomic E-state index is 11.0. The number of hydrogen-bond acceptors (Lipinski definition) is 17. The van der Waals surface area contributed by atoms with Crippen LogP contribution in [0.5, 0.6) is 5.75 Å². The minimum Gasteiger partial charge on any atom is -0.504 e. The summed E-state index contributed by atoms with van der Waals surface area (Å²) in [5.41, 5.74) is 1.31. The first kappa shape index (κ1) is 24.2. The van der Waals surface area contributed by atoms with Gasteiger partial charge in [-0.15, -0.1) is 20.5 Å². The van der Waals surface area contributed by atoms with Crippen LogP contribution in [0.3, 0.4) is 0 Å². The molecule has 3 aromatic heterocycles. The highest BCUT2D eigenvalue weighted by Gasteiger charge is 2.21. The summed E-state index contributed by atoms with van der Waals surface area (Å²) in [4.78, 5) is 9.60. The molecule has 0 aliphatic carbocycles. The second-order valence-corrected chi connectivity index (χ2v) is 8.02. The highest BCUT2D eigenvalue weighted by Crippen LogP contribution is 2.50. The van der Waals surface area contributed by atoms with Crippen LogP contribution in [-0.4, -0.2) is 43.9 Å². The molecular formula is C19H17N13O3S. The second kappa shape index (κ2) is 10.1. The molecule has 1 N–H and O–H groups in total. The summed E-state index contributed by atoms with van der Waals surface area (Å²) in [6, 6.07) is 3.27. The van der Waals surface area contributed by atoms with Gasteiger partial charge in [-0.3, -0.25) is 0 Å². The first-order chi connectivity index (χ1) is 17.3. The molecule has 0 unspecified atom stereocenters. The normalized spacial score (nSPS) is 11.8. The van der Waals surface area contributed by atoms with E-state index in [2.05, 4.69) is 55.3 Å². The number of aromatic hydroxyl groups is 1. The van der Waals surface area contributed by atoms with E-state index in [0.29, 0.717) is 23.0 Å². The van der Waals surface area contributed by atoms with E-state index in [0.717, 1.165) is 11.5 Å². The van der Waals surface area contributed by atoms with Crippen molar-refractivity contribution in [2.45, 2.75) is 20.8 Å². The Kier molecular flexibility index (Phi) is 6.78. The zero-order chi connectivity index (χ0) is 25.8. The van der Waals surface area contributed by atoms with Crippen LogP contribution in [0.2, 0.25) is 0 Å². The highest BCUT2D eigenvalue weighted by molar-refractivity contribution is 7.10. The number of nitriles is 1. The van der Waals surface area contributed by atoms with E-state index < -0.39 is 0 Å². The number of nitrogens with zero attached hydrogens (tertiary/aromatic N) is 13. The van der Waals surface area contributed by atoms with E-state index in [1.54, 1.807) is 39.8 Å². The third-order valence-electron chi connectivity index (χ3n) is 4.37. The Morgan fingerprint density at radius 2 is 1.53 bits per heavy atom. The molecule has 4 rings (SSSR count). The molecule has 3 heterocycles. The Morgan fingerprint density at radius 3 is 2.08 bits per heavy atom. The number of rotatable bonds is 7. The van der Waals surface area contributed by atoms with Gasteiger partial charge in [-0.1, -0.05) is 20.5 Å². The van der Waals surface area contributed by atoms with Crippen LogP contribution in [0.25, 0.3) is 0 Å². The summed E-state index contributed by atoms with van der Waals surface area (Å²) >= 11 is 1.00. The summed E-state index contributed by atoms with van der Waals surface area (Å²) in [6.07, 6.45) is 0. The number of hydrogen-bond donors (Lipinski definition) is 1. The molecule has 0 saturated heterocycles. The van der Waals surface area contributed by atoms with Gasteiger partial charge in [0.1, 0.15) is 23.0 Å². The Hall–Kier alpha value is -4.98. The Balaban J connectivity index is 1.86.